The second kappa shape index (κ2) is 6.58. The average molecular weight is 374 g/mol. The van der Waals surface area contributed by atoms with Crippen molar-refractivity contribution in [2.75, 3.05) is 27.2 Å². The van der Waals surface area contributed by atoms with Crippen LogP contribution in [0.25, 0.3) is 0 Å². The zero-order valence-electron chi connectivity index (χ0n) is 15.3. The molecule has 0 spiro atoms. The number of ether oxygens (including phenoxy) is 1. The van der Waals surface area contributed by atoms with Gasteiger partial charge in [-0.3, -0.25) is 0 Å². The summed E-state index contributed by atoms with van der Waals surface area (Å²) in [4.78, 5) is 17.7. The van der Waals surface area contributed by atoms with E-state index in [1.165, 1.54) is 31.5 Å². The molecule has 1 aromatic rings. The fourth-order valence-corrected chi connectivity index (χ4v) is 3.28. The second-order valence-corrected chi connectivity index (χ2v) is 9.43. The van der Waals surface area contributed by atoms with E-state index < -0.39 is 27.5 Å². The number of hydrogen-bond donors (Lipinski definition) is 1. The molecule has 1 aliphatic heterocycles. The van der Waals surface area contributed by atoms with E-state index >= 15 is 0 Å². The highest BCUT2D eigenvalue weighted by molar-refractivity contribution is 7.87. The van der Waals surface area contributed by atoms with Crippen LogP contribution in [-0.4, -0.2) is 70.6 Å². The first-order chi connectivity index (χ1) is 11.3. The van der Waals surface area contributed by atoms with E-state index in [1.54, 1.807) is 20.8 Å². The van der Waals surface area contributed by atoms with Crippen LogP contribution in [0.1, 0.15) is 39.3 Å². The largest absolute Gasteiger partial charge is 0.444 e. The highest BCUT2D eigenvalue weighted by Crippen LogP contribution is 2.32. The molecule has 1 saturated heterocycles. The fourth-order valence-electron chi connectivity index (χ4n) is 2.50. The van der Waals surface area contributed by atoms with E-state index in [-0.39, 0.29) is 18.5 Å². The molecular weight excluding hydrogens is 348 g/mol. The minimum Gasteiger partial charge on any atom is -0.444 e. The summed E-state index contributed by atoms with van der Waals surface area (Å²) in [5, 5.41) is 10.8. The quantitative estimate of drug-likeness (QED) is 0.837. The van der Waals surface area contributed by atoms with Crippen LogP contribution in [0, 0.1) is 0 Å². The molecule has 9 nitrogen and oxygen atoms in total. The molecule has 10 heteroatoms. The number of nitrogens with zero attached hydrogens (tertiary/aromatic N) is 4. The SMILES string of the molecule is CN(C)S(=O)(=O)n1cnc(C2(O)CCN(C(=O)OC(C)(C)C)CC2)c1. The normalized spacial score (nSPS) is 18.4. The molecule has 142 valence electrons. The third kappa shape index (κ3) is 4.31. The maximum absolute atomic E-state index is 12.1. The minimum atomic E-state index is -3.67. The maximum atomic E-state index is 12.1. The van der Waals surface area contributed by atoms with Crippen molar-refractivity contribution in [3.8, 4) is 0 Å². The number of aromatic nitrogens is 2. The first-order valence-corrected chi connectivity index (χ1v) is 9.43. The summed E-state index contributed by atoms with van der Waals surface area (Å²) >= 11 is 0. The number of rotatable bonds is 3. The zero-order chi connectivity index (χ0) is 19.0. The Morgan fingerprint density at radius 2 is 1.88 bits per heavy atom. The van der Waals surface area contributed by atoms with E-state index in [1.807, 2.05) is 0 Å². The van der Waals surface area contributed by atoms with Crippen molar-refractivity contribution in [3.05, 3.63) is 18.2 Å². The summed E-state index contributed by atoms with van der Waals surface area (Å²) in [5.74, 6) is 0. The summed E-state index contributed by atoms with van der Waals surface area (Å²) in [7, 11) is -0.835. The van der Waals surface area contributed by atoms with Gasteiger partial charge in [-0.25, -0.2) is 13.8 Å². The molecule has 1 fully saturated rings. The third-order valence-electron chi connectivity index (χ3n) is 4.01. The van der Waals surface area contributed by atoms with Crippen LogP contribution >= 0.6 is 0 Å². The molecule has 1 aromatic heterocycles. The summed E-state index contributed by atoms with van der Waals surface area (Å²) in [5.41, 5.74) is -1.57. The average Bonchev–Trinajstić information content (AvgIpc) is 2.97. The Hall–Kier alpha value is -1.65. The van der Waals surface area contributed by atoms with Crippen molar-refractivity contribution in [3.63, 3.8) is 0 Å². The molecule has 0 unspecified atom stereocenters. The number of carbonyl (C=O) groups excluding carboxylic acids is 1. The van der Waals surface area contributed by atoms with Gasteiger partial charge >= 0.3 is 16.3 Å². The van der Waals surface area contributed by atoms with Gasteiger partial charge in [-0.1, -0.05) is 0 Å². The summed E-state index contributed by atoms with van der Waals surface area (Å²) in [6.07, 6.45) is 2.58. The molecular formula is C15H26N4O5S. The smallest absolute Gasteiger partial charge is 0.410 e. The lowest BCUT2D eigenvalue weighted by Gasteiger charge is -2.37. The molecule has 1 amide bonds. The van der Waals surface area contributed by atoms with Gasteiger partial charge in [0.25, 0.3) is 0 Å². The second-order valence-electron chi connectivity index (χ2n) is 7.38. The molecule has 0 aromatic carbocycles. The van der Waals surface area contributed by atoms with Crippen molar-refractivity contribution in [2.45, 2.75) is 44.8 Å². The first kappa shape index (κ1) is 19.7. The molecule has 2 heterocycles. The van der Waals surface area contributed by atoms with E-state index in [9.17, 15) is 18.3 Å². The number of hydrogen-bond acceptors (Lipinski definition) is 6. The Bertz CT molecular complexity index is 727. The monoisotopic (exact) mass is 374 g/mol. The highest BCUT2D eigenvalue weighted by atomic mass is 32.2. The molecule has 1 aliphatic rings. The molecule has 0 atom stereocenters. The number of piperidine rings is 1. The number of carbonyl (C=O) groups is 1. The van der Waals surface area contributed by atoms with E-state index in [2.05, 4.69) is 4.98 Å². The van der Waals surface area contributed by atoms with Crippen LogP contribution in [0.2, 0.25) is 0 Å². The standard InChI is InChI=1S/C15H26N4O5S/c1-14(2,3)24-13(20)18-8-6-15(21,7-9-18)12-10-19(11-16-12)25(22,23)17(4)5/h10-11,21H,6-9H2,1-5H3. The van der Waals surface area contributed by atoms with Gasteiger partial charge in [0.15, 0.2) is 0 Å². The number of aliphatic hydroxyl groups is 1. The maximum Gasteiger partial charge on any atom is 0.410 e. The Morgan fingerprint density at radius 1 is 1.32 bits per heavy atom. The Kier molecular flexibility index (Phi) is 5.18. The molecule has 25 heavy (non-hydrogen) atoms. The van der Waals surface area contributed by atoms with Gasteiger partial charge in [0, 0.05) is 33.4 Å². The van der Waals surface area contributed by atoms with Crippen molar-refractivity contribution < 1.29 is 23.1 Å². The minimum absolute atomic E-state index is 0.255. The van der Waals surface area contributed by atoms with Gasteiger partial charge in [-0.2, -0.15) is 12.7 Å². The summed E-state index contributed by atoms with van der Waals surface area (Å²) in [6, 6.07) is 0. The fraction of sp³-hybridized carbons (Fsp3) is 0.733. The Morgan fingerprint density at radius 3 is 2.36 bits per heavy atom. The van der Waals surface area contributed by atoms with Crippen molar-refractivity contribution >= 4 is 16.3 Å². The van der Waals surface area contributed by atoms with Crippen LogP contribution < -0.4 is 0 Å². The van der Waals surface area contributed by atoms with Crippen LogP contribution in [0.5, 0.6) is 0 Å². The van der Waals surface area contributed by atoms with Crippen molar-refractivity contribution in [1.29, 1.82) is 0 Å². The lowest BCUT2D eigenvalue weighted by atomic mass is 9.89. The van der Waals surface area contributed by atoms with Gasteiger partial charge in [-0.05, 0) is 33.6 Å². The van der Waals surface area contributed by atoms with Gasteiger partial charge < -0.3 is 14.7 Å². The molecule has 2 rings (SSSR count). The number of imidazole rings is 1. The van der Waals surface area contributed by atoms with Crippen LogP contribution in [0.15, 0.2) is 12.5 Å². The van der Waals surface area contributed by atoms with Crippen LogP contribution in [0.4, 0.5) is 4.79 Å². The van der Waals surface area contributed by atoms with Gasteiger partial charge in [0.05, 0.1) is 5.69 Å². The molecule has 0 bridgehead atoms. The Labute approximate surface area is 148 Å². The highest BCUT2D eigenvalue weighted by Gasteiger charge is 2.39. The topological polar surface area (TPSA) is 105 Å². The van der Waals surface area contributed by atoms with Gasteiger partial charge in [0.1, 0.15) is 17.5 Å². The molecule has 0 aliphatic carbocycles. The Balaban J connectivity index is 2.08. The van der Waals surface area contributed by atoms with E-state index in [4.69, 9.17) is 4.74 Å². The zero-order valence-corrected chi connectivity index (χ0v) is 16.1. The first-order valence-electron chi connectivity index (χ1n) is 8.03. The summed E-state index contributed by atoms with van der Waals surface area (Å²) in [6.45, 7) is 5.99. The molecule has 0 saturated carbocycles. The lowest BCUT2D eigenvalue weighted by molar-refractivity contribution is -0.0379. The lowest BCUT2D eigenvalue weighted by Crippen LogP contribution is -2.47. The predicted molar refractivity (Wildman–Crippen MR) is 91.2 cm³/mol. The van der Waals surface area contributed by atoms with Crippen LogP contribution in [0.3, 0.4) is 0 Å². The van der Waals surface area contributed by atoms with Crippen molar-refractivity contribution in [2.24, 2.45) is 0 Å². The summed E-state index contributed by atoms with van der Waals surface area (Å²) < 4.78 is 31.6. The van der Waals surface area contributed by atoms with Gasteiger partial charge in [-0.15, -0.1) is 0 Å². The third-order valence-corrected chi connectivity index (χ3v) is 5.66. The van der Waals surface area contributed by atoms with Crippen LogP contribution in [-0.2, 0) is 20.5 Å². The van der Waals surface area contributed by atoms with Gasteiger partial charge in [0.2, 0.25) is 0 Å². The molecule has 0 radical (unpaired) electrons. The van der Waals surface area contributed by atoms with E-state index in [0.717, 1.165) is 8.28 Å². The number of amides is 1. The predicted octanol–water partition coefficient (Wildman–Crippen LogP) is 0.756. The number of likely N-dealkylation sites (tertiary alicyclic amines) is 1. The van der Waals surface area contributed by atoms with Crippen molar-refractivity contribution in [1.82, 2.24) is 18.2 Å². The van der Waals surface area contributed by atoms with E-state index in [0.29, 0.717) is 13.1 Å². The molecule has 1 N–H and O–H groups in total.